The Kier molecular flexibility index (Phi) is 5.85. The van der Waals surface area contributed by atoms with E-state index in [0.29, 0.717) is 5.06 Å². The Labute approximate surface area is 127 Å². The summed E-state index contributed by atoms with van der Waals surface area (Å²) in [7, 11) is -8.47. The molecule has 1 unspecified atom stereocenters. The van der Waals surface area contributed by atoms with Crippen molar-refractivity contribution in [3.05, 3.63) is 29.8 Å². The monoisotopic (exact) mass is 352 g/mol. The molecule has 0 saturated carbocycles. The van der Waals surface area contributed by atoms with Gasteiger partial charge in [0.05, 0.1) is 10.6 Å². The molecule has 0 aromatic heterocycles. The summed E-state index contributed by atoms with van der Waals surface area (Å²) in [5.41, 5.74) is -1.10. The molecule has 22 heavy (non-hydrogen) atoms. The van der Waals surface area contributed by atoms with Gasteiger partial charge in [0.2, 0.25) is 15.9 Å². The van der Waals surface area contributed by atoms with E-state index in [9.17, 15) is 32.8 Å². The van der Waals surface area contributed by atoms with Crippen LogP contribution in [0.5, 0.6) is 0 Å². The molecule has 1 aromatic carbocycles. The number of hydrogen-bond acceptors (Lipinski definition) is 5. The highest BCUT2D eigenvalue weighted by molar-refractivity contribution is 7.89. The van der Waals surface area contributed by atoms with Crippen molar-refractivity contribution in [3.63, 3.8) is 0 Å². The normalized spacial score (nSPS) is 13.7. The number of rotatable bonds is 6. The second-order valence-electron chi connectivity index (χ2n) is 4.65. The minimum Gasteiger partial charge on any atom is -0.324 e. The van der Waals surface area contributed by atoms with Gasteiger partial charge in [0, 0.05) is 13.5 Å². The first kappa shape index (κ1) is 18.8. The average molecular weight is 352 g/mol. The second kappa shape index (κ2) is 6.86. The van der Waals surface area contributed by atoms with Crippen LogP contribution in [0.1, 0.15) is 24.6 Å². The van der Waals surface area contributed by atoms with Gasteiger partial charge in [-0.2, -0.15) is 0 Å². The van der Waals surface area contributed by atoms with Gasteiger partial charge < -0.3 is 9.79 Å². The van der Waals surface area contributed by atoms with Crippen molar-refractivity contribution < 1.29 is 32.8 Å². The molecule has 124 valence electrons. The van der Waals surface area contributed by atoms with Gasteiger partial charge in [-0.05, 0) is 24.1 Å². The molecule has 5 N–H and O–H groups in total. The lowest BCUT2D eigenvalue weighted by molar-refractivity contribution is -0.162. The van der Waals surface area contributed by atoms with Crippen molar-refractivity contribution in [1.29, 1.82) is 0 Å². The summed E-state index contributed by atoms with van der Waals surface area (Å²) in [5.74, 6) is -0.658. The average Bonchev–Trinajstić information content (AvgIpc) is 2.36. The fraction of sp³-hybridized carbons (Fsp3) is 0.364. The Balaban J connectivity index is 3.03. The first-order chi connectivity index (χ1) is 9.93. The number of carbonyl (C=O) groups is 1. The maximum absolute atomic E-state index is 11.6. The molecule has 0 fully saturated rings. The Morgan fingerprint density at radius 2 is 1.82 bits per heavy atom. The molecule has 0 bridgehead atoms. The topological polar surface area (TPSA) is 158 Å². The maximum Gasteiger partial charge on any atom is 0.333 e. The van der Waals surface area contributed by atoms with Crippen LogP contribution < -0.4 is 5.14 Å². The third-order valence-corrected chi connectivity index (χ3v) is 5.27. The minimum absolute atomic E-state index is 0.178. The van der Waals surface area contributed by atoms with Gasteiger partial charge in [-0.25, -0.2) is 18.6 Å². The summed E-state index contributed by atoms with van der Waals surface area (Å²) in [6.45, 7) is 0.829. The van der Waals surface area contributed by atoms with Crippen LogP contribution in [-0.2, 0) is 19.4 Å². The lowest BCUT2D eigenvalue weighted by Crippen LogP contribution is -2.26. The molecule has 1 rings (SSSR count). The van der Waals surface area contributed by atoms with Crippen molar-refractivity contribution >= 4 is 23.5 Å². The lowest BCUT2D eigenvalue weighted by Gasteiger charge is -2.21. The quantitative estimate of drug-likeness (QED) is 0.323. The van der Waals surface area contributed by atoms with E-state index in [4.69, 9.17) is 5.14 Å². The van der Waals surface area contributed by atoms with Crippen molar-refractivity contribution in [3.8, 4) is 0 Å². The number of sulfonamides is 1. The van der Waals surface area contributed by atoms with E-state index >= 15 is 0 Å². The first-order valence-electron chi connectivity index (χ1n) is 6.08. The Hall–Kier alpha value is -1.29. The number of hydroxylamine groups is 2. The summed E-state index contributed by atoms with van der Waals surface area (Å²) in [6.07, 6.45) is -0.199. The fourth-order valence-electron chi connectivity index (χ4n) is 1.81. The van der Waals surface area contributed by atoms with E-state index < -0.39 is 29.2 Å². The van der Waals surface area contributed by atoms with Gasteiger partial charge in [0.25, 0.3) is 0 Å². The summed E-state index contributed by atoms with van der Waals surface area (Å²) in [4.78, 5) is 29.5. The van der Waals surface area contributed by atoms with Crippen LogP contribution >= 0.6 is 7.60 Å². The summed E-state index contributed by atoms with van der Waals surface area (Å²) < 4.78 is 33.9. The third kappa shape index (κ3) is 5.16. The highest BCUT2D eigenvalue weighted by Gasteiger charge is 2.31. The fourth-order valence-corrected chi connectivity index (χ4v) is 3.34. The van der Waals surface area contributed by atoms with E-state index in [1.54, 1.807) is 0 Å². The number of primary sulfonamides is 1. The van der Waals surface area contributed by atoms with Gasteiger partial charge in [-0.15, -0.1) is 0 Å². The molecule has 0 aliphatic carbocycles. The number of amides is 1. The summed E-state index contributed by atoms with van der Waals surface area (Å²) in [5, 5.41) is 14.6. The Morgan fingerprint density at radius 3 is 2.18 bits per heavy atom. The zero-order chi connectivity index (χ0) is 17.1. The number of carbonyl (C=O) groups excluding carboxylic acids is 1. The van der Waals surface area contributed by atoms with Gasteiger partial charge in [0.1, 0.15) is 0 Å². The highest BCUT2D eigenvalue weighted by atomic mass is 32.2. The third-order valence-electron chi connectivity index (χ3n) is 2.98. The van der Waals surface area contributed by atoms with Gasteiger partial charge in [0.15, 0.2) is 0 Å². The molecule has 9 nitrogen and oxygen atoms in total. The predicted molar refractivity (Wildman–Crippen MR) is 76.4 cm³/mol. The second-order valence-corrected chi connectivity index (χ2v) is 8.01. The lowest BCUT2D eigenvalue weighted by atomic mass is 10.1. The molecule has 1 aromatic rings. The maximum atomic E-state index is 11.6. The van der Waals surface area contributed by atoms with Crippen LogP contribution in [0.3, 0.4) is 0 Å². The van der Waals surface area contributed by atoms with Gasteiger partial charge in [-0.1, -0.05) is 12.1 Å². The van der Waals surface area contributed by atoms with Gasteiger partial charge in [-0.3, -0.25) is 14.6 Å². The summed E-state index contributed by atoms with van der Waals surface area (Å²) >= 11 is 0. The number of hydrogen-bond donors (Lipinski definition) is 4. The standard InChI is InChI=1S/C11H17N2O7PS/c1-8(14)13(15)7-6-11(21(16,17)18)9-2-4-10(5-3-9)22(12,19)20/h2-5,11,15H,6-7H2,1H3,(H2,12,19,20)(H2,16,17,18). The van der Waals surface area contributed by atoms with Crippen LogP contribution in [0.2, 0.25) is 0 Å². The molecule has 0 aliphatic heterocycles. The molecule has 0 radical (unpaired) electrons. The van der Waals surface area contributed by atoms with Crippen molar-refractivity contribution in [1.82, 2.24) is 5.06 Å². The molecule has 0 aliphatic rings. The van der Waals surface area contributed by atoms with Crippen molar-refractivity contribution in [2.45, 2.75) is 23.9 Å². The largest absolute Gasteiger partial charge is 0.333 e. The Morgan fingerprint density at radius 1 is 1.32 bits per heavy atom. The number of nitrogens with zero attached hydrogens (tertiary/aromatic N) is 1. The zero-order valence-corrected chi connectivity index (χ0v) is 13.4. The molecular weight excluding hydrogens is 335 g/mol. The molecule has 0 heterocycles. The SMILES string of the molecule is CC(=O)N(O)CCC(c1ccc(S(N)(=O)=O)cc1)P(=O)(O)O. The predicted octanol–water partition coefficient (Wildman–Crippen LogP) is 0.181. The number of benzene rings is 1. The van der Waals surface area contributed by atoms with E-state index in [2.05, 4.69) is 0 Å². The van der Waals surface area contributed by atoms with E-state index in [-0.39, 0.29) is 23.4 Å². The minimum atomic E-state index is -4.57. The van der Waals surface area contributed by atoms with Crippen LogP contribution in [-0.4, -0.2) is 40.9 Å². The van der Waals surface area contributed by atoms with Crippen LogP contribution in [0.15, 0.2) is 29.2 Å². The molecule has 11 heteroatoms. The van der Waals surface area contributed by atoms with Crippen LogP contribution in [0, 0.1) is 0 Å². The summed E-state index contributed by atoms with van der Waals surface area (Å²) in [6, 6.07) is 4.74. The highest BCUT2D eigenvalue weighted by Crippen LogP contribution is 2.53. The zero-order valence-electron chi connectivity index (χ0n) is 11.7. The smallest absolute Gasteiger partial charge is 0.324 e. The van der Waals surface area contributed by atoms with Gasteiger partial charge >= 0.3 is 7.60 Å². The van der Waals surface area contributed by atoms with Crippen molar-refractivity contribution in [2.24, 2.45) is 5.14 Å². The molecule has 1 amide bonds. The first-order valence-corrected chi connectivity index (χ1v) is 9.30. The van der Waals surface area contributed by atoms with Crippen LogP contribution in [0.25, 0.3) is 0 Å². The van der Waals surface area contributed by atoms with E-state index in [0.717, 1.165) is 19.1 Å². The number of nitrogens with two attached hydrogens (primary N) is 1. The van der Waals surface area contributed by atoms with E-state index in [1.165, 1.54) is 12.1 Å². The van der Waals surface area contributed by atoms with Crippen molar-refractivity contribution in [2.75, 3.05) is 6.54 Å². The molecule has 1 atom stereocenters. The molecule has 0 spiro atoms. The van der Waals surface area contributed by atoms with E-state index in [1.807, 2.05) is 0 Å². The molecular formula is C11H17N2O7PS. The van der Waals surface area contributed by atoms with Crippen LogP contribution in [0.4, 0.5) is 0 Å². The Bertz CT molecular complexity index is 683. The molecule has 0 saturated heterocycles.